The van der Waals surface area contributed by atoms with Crippen molar-refractivity contribution in [3.63, 3.8) is 0 Å². The second kappa shape index (κ2) is 5.62. The fraction of sp³-hybridized carbons (Fsp3) is 0.500. The number of nitrogens with one attached hydrogen (secondary N) is 1. The predicted octanol–water partition coefficient (Wildman–Crippen LogP) is 2.16. The monoisotopic (exact) mass is 296 g/mol. The molecule has 0 unspecified atom stereocenters. The van der Waals surface area contributed by atoms with Gasteiger partial charge in [-0.3, -0.25) is 0 Å². The third kappa shape index (κ3) is 2.82. The topological polar surface area (TPSA) is 77.8 Å². The van der Waals surface area contributed by atoms with Crippen molar-refractivity contribution in [1.29, 1.82) is 0 Å². The zero-order valence-corrected chi connectivity index (χ0v) is 12.9. The Morgan fingerprint density at radius 2 is 1.90 bits per heavy atom. The van der Waals surface area contributed by atoms with E-state index in [4.69, 9.17) is 16.3 Å². The maximum atomic E-state index is 6.14. The van der Waals surface area contributed by atoms with E-state index in [0.29, 0.717) is 16.9 Å². The lowest BCUT2D eigenvalue weighted by atomic mass is 10.4. The van der Waals surface area contributed by atoms with E-state index in [0.717, 1.165) is 11.4 Å². The molecule has 0 atom stereocenters. The van der Waals surface area contributed by atoms with E-state index in [1.807, 2.05) is 27.7 Å². The Morgan fingerprint density at radius 3 is 2.40 bits per heavy atom. The van der Waals surface area contributed by atoms with Crippen LogP contribution in [0.5, 0.6) is 6.01 Å². The van der Waals surface area contributed by atoms with Crippen LogP contribution in [-0.4, -0.2) is 37.9 Å². The molecular weight excluding hydrogens is 280 g/mol. The SMILES string of the molecule is CNc1nc(OC(C)C)nc(-n2nc(C)c(Cl)c2C)n1. The van der Waals surface area contributed by atoms with E-state index >= 15 is 0 Å². The maximum Gasteiger partial charge on any atom is 0.323 e. The molecule has 0 radical (unpaired) electrons. The number of aryl methyl sites for hydroxylation is 1. The first-order valence-corrected chi connectivity index (χ1v) is 6.62. The first kappa shape index (κ1) is 14.5. The molecule has 0 aliphatic rings. The molecule has 2 rings (SSSR count). The standard InChI is InChI=1S/C12H17ClN6O/c1-6(2)20-12-16-10(14-5)15-11(17-12)19-8(4)9(13)7(3)18-19/h6H,1-5H3,(H,14,15,16,17). The van der Waals surface area contributed by atoms with Gasteiger partial charge in [-0.1, -0.05) is 11.6 Å². The van der Waals surface area contributed by atoms with E-state index in [1.165, 1.54) is 0 Å². The fourth-order valence-electron chi connectivity index (χ4n) is 1.63. The van der Waals surface area contributed by atoms with Gasteiger partial charge in [-0.2, -0.15) is 20.1 Å². The zero-order valence-electron chi connectivity index (χ0n) is 12.1. The van der Waals surface area contributed by atoms with Gasteiger partial charge in [0.1, 0.15) is 0 Å². The van der Waals surface area contributed by atoms with E-state index in [-0.39, 0.29) is 12.1 Å². The quantitative estimate of drug-likeness (QED) is 0.931. The minimum absolute atomic E-state index is 0.0287. The van der Waals surface area contributed by atoms with E-state index in [9.17, 15) is 0 Å². The number of halogens is 1. The summed E-state index contributed by atoms with van der Waals surface area (Å²) in [6.07, 6.45) is -0.0287. The smallest absolute Gasteiger partial charge is 0.323 e. The summed E-state index contributed by atoms with van der Waals surface area (Å²) in [5, 5.41) is 7.80. The average molecular weight is 297 g/mol. The van der Waals surface area contributed by atoms with Gasteiger partial charge in [-0.25, -0.2) is 4.68 Å². The zero-order chi connectivity index (χ0) is 14.9. The fourth-order valence-corrected chi connectivity index (χ4v) is 1.75. The van der Waals surface area contributed by atoms with E-state index in [2.05, 4.69) is 25.4 Å². The number of ether oxygens (including phenoxy) is 1. The highest BCUT2D eigenvalue weighted by molar-refractivity contribution is 6.31. The van der Waals surface area contributed by atoms with Gasteiger partial charge < -0.3 is 10.1 Å². The van der Waals surface area contributed by atoms with Crippen molar-refractivity contribution >= 4 is 17.5 Å². The predicted molar refractivity (Wildman–Crippen MR) is 76.7 cm³/mol. The molecule has 0 aliphatic carbocycles. The largest absolute Gasteiger partial charge is 0.461 e. The summed E-state index contributed by atoms with van der Waals surface area (Å²) in [5.41, 5.74) is 1.50. The molecule has 0 spiro atoms. The van der Waals surface area contributed by atoms with Gasteiger partial charge in [0.2, 0.25) is 5.95 Å². The molecule has 0 saturated carbocycles. The van der Waals surface area contributed by atoms with Crippen LogP contribution in [0, 0.1) is 13.8 Å². The van der Waals surface area contributed by atoms with Crippen molar-refractivity contribution in [2.24, 2.45) is 0 Å². The molecule has 1 N–H and O–H groups in total. The third-order valence-corrected chi connectivity index (χ3v) is 3.11. The summed E-state index contributed by atoms with van der Waals surface area (Å²) in [6, 6.07) is 0.248. The molecule has 0 bridgehead atoms. The third-order valence-electron chi connectivity index (χ3n) is 2.56. The number of rotatable bonds is 4. The first-order chi connectivity index (χ1) is 9.42. The van der Waals surface area contributed by atoms with E-state index in [1.54, 1.807) is 11.7 Å². The van der Waals surface area contributed by atoms with Gasteiger partial charge in [0, 0.05) is 7.05 Å². The van der Waals surface area contributed by atoms with Crippen LogP contribution in [0.1, 0.15) is 25.2 Å². The summed E-state index contributed by atoms with van der Waals surface area (Å²) < 4.78 is 7.10. The van der Waals surface area contributed by atoms with Crippen LogP contribution in [0.15, 0.2) is 0 Å². The Bertz CT molecular complexity index is 625. The molecule has 2 heterocycles. The molecule has 0 saturated heterocycles. The molecule has 20 heavy (non-hydrogen) atoms. The van der Waals surface area contributed by atoms with Crippen molar-refractivity contribution in [2.45, 2.75) is 33.8 Å². The maximum absolute atomic E-state index is 6.14. The molecule has 0 fully saturated rings. The molecule has 2 aromatic heterocycles. The summed E-state index contributed by atoms with van der Waals surface area (Å²) in [5.74, 6) is 0.779. The molecule has 0 amide bonds. The lowest BCUT2D eigenvalue weighted by molar-refractivity contribution is 0.221. The first-order valence-electron chi connectivity index (χ1n) is 6.25. The highest BCUT2D eigenvalue weighted by Gasteiger charge is 2.16. The van der Waals surface area contributed by atoms with Crippen molar-refractivity contribution in [1.82, 2.24) is 24.7 Å². The van der Waals surface area contributed by atoms with Gasteiger partial charge in [-0.15, -0.1) is 0 Å². The number of hydrogen-bond donors (Lipinski definition) is 1. The average Bonchev–Trinajstić information content (AvgIpc) is 2.65. The number of aromatic nitrogens is 5. The molecular formula is C12H17ClN6O. The van der Waals surface area contributed by atoms with Gasteiger partial charge in [0.25, 0.3) is 5.95 Å². The minimum atomic E-state index is -0.0287. The highest BCUT2D eigenvalue weighted by Crippen LogP contribution is 2.22. The Labute approximate surface area is 122 Å². The van der Waals surface area contributed by atoms with Gasteiger partial charge >= 0.3 is 6.01 Å². The Morgan fingerprint density at radius 1 is 1.20 bits per heavy atom. The molecule has 2 aromatic rings. The Hall–Kier alpha value is -1.89. The van der Waals surface area contributed by atoms with Gasteiger partial charge in [-0.05, 0) is 27.7 Å². The van der Waals surface area contributed by atoms with Crippen LogP contribution in [0.3, 0.4) is 0 Å². The second-order valence-corrected chi connectivity index (χ2v) is 4.93. The molecule has 108 valence electrons. The van der Waals surface area contributed by atoms with E-state index < -0.39 is 0 Å². The van der Waals surface area contributed by atoms with Gasteiger partial charge in [0.15, 0.2) is 0 Å². The summed E-state index contributed by atoms with van der Waals surface area (Å²) in [4.78, 5) is 12.7. The van der Waals surface area contributed by atoms with Crippen LogP contribution in [0.25, 0.3) is 5.95 Å². The molecule has 8 heteroatoms. The molecule has 7 nitrogen and oxygen atoms in total. The van der Waals surface area contributed by atoms with Crippen molar-refractivity contribution < 1.29 is 4.74 Å². The second-order valence-electron chi connectivity index (χ2n) is 4.55. The normalized spacial score (nSPS) is 10.9. The van der Waals surface area contributed by atoms with Crippen molar-refractivity contribution in [3.8, 4) is 12.0 Å². The molecule has 0 aliphatic heterocycles. The van der Waals surface area contributed by atoms with Crippen molar-refractivity contribution in [2.75, 3.05) is 12.4 Å². The number of hydrogen-bond acceptors (Lipinski definition) is 6. The number of anilines is 1. The lowest BCUT2D eigenvalue weighted by Crippen LogP contribution is -2.14. The summed E-state index contributed by atoms with van der Waals surface area (Å²) in [7, 11) is 1.73. The Kier molecular flexibility index (Phi) is 4.08. The van der Waals surface area contributed by atoms with Crippen LogP contribution >= 0.6 is 11.6 Å². The summed E-state index contributed by atoms with van der Waals surface area (Å²) >= 11 is 6.14. The van der Waals surface area contributed by atoms with Crippen LogP contribution < -0.4 is 10.1 Å². The molecule has 0 aromatic carbocycles. The lowest BCUT2D eigenvalue weighted by Gasteiger charge is -2.10. The minimum Gasteiger partial charge on any atom is -0.461 e. The van der Waals surface area contributed by atoms with Crippen LogP contribution in [0.2, 0.25) is 5.02 Å². The van der Waals surface area contributed by atoms with Gasteiger partial charge in [0.05, 0.1) is 22.5 Å². The van der Waals surface area contributed by atoms with Crippen LogP contribution in [0.4, 0.5) is 5.95 Å². The van der Waals surface area contributed by atoms with Crippen LogP contribution in [-0.2, 0) is 0 Å². The summed E-state index contributed by atoms with van der Waals surface area (Å²) in [6.45, 7) is 7.50. The van der Waals surface area contributed by atoms with Crippen molar-refractivity contribution in [3.05, 3.63) is 16.4 Å². The Balaban J connectivity index is 2.52. The number of nitrogens with zero attached hydrogens (tertiary/aromatic N) is 5. The highest BCUT2D eigenvalue weighted by atomic mass is 35.5.